The molecule has 0 saturated heterocycles. The van der Waals surface area contributed by atoms with Crippen LogP contribution in [0.4, 0.5) is 5.95 Å². The van der Waals surface area contributed by atoms with E-state index in [0.29, 0.717) is 12.5 Å². The summed E-state index contributed by atoms with van der Waals surface area (Å²) >= 11 is 0. The van der Waals surface area contributed by atoms with Crippen molar-refractivity contribution in [3.63, 3.8) is 0 Å². The van der Waals surface area contributed by atoms with E-state index in [1.165, 1.54) is 5.56 Å². The Bertz CT molecular complexity index is 587. The Balaban J connectivity index is 2.06. The first-order valence-corrected chi connectivity index (χ1v) is 6.57. The minimum Gasteiger partial charge on any atom is -0.352 e. The van der Waals surface area contributed by atoms with E-state index in [9.17, 15) is 4.79 Å². The minimum atomic E-state index is -0.107. The number of rotatable bonds is 5. The topological polar surface area (TPSA) is 57.8 Å². The number of nitrogens with zero attached hydrogens (tertiary/aromatic N) is 1. The number of aromatic nitrogens is 2. The summed E-state index contributed by atoms with van der Waals surface area (Å²) in [4.78, 5) is 18.6. The van der Waals surface area contributed by atoms with Gasteiger partial charge in [-0.25, -0.2) is 4.98 Å². The largest absolute Gasteiger partial charge is 0.352 e. The number of hydrogen-bond donors (Lipinski definition) is 2. The SMILES string of the molecule is CCCc1cc(=O)[nH]c(NCc2ccc(C)cc2)n1. The van der Waals surface area contributed by atoms with Gasteiger partial charge in [0.2, 0.25) is 5.95 Å². The van der Waals surface area contributed by atoms with Crippen LogP contribution in [-0.2, 0) is 13.0 Å². The molecule has 2 rings (SSSR count). The van der Waals surface area contributed by atoms with Gasteiger partial charge in [0.15, 0.2) is 0 Å². The summed E-state index contributed by atoms with van der Waals surface area (Å²) in [6.45, 7) is 4.78. The summed E-state index contributed by atoms with van der Waals surface area (Å²) in [5, 5.41) is 3.15. The summed E-state index contributed by atoms with van der Waals surface area (Å²) in [6.07, 6.45) is 1.80. The van der Waals surface area contributed by atoms with Gasteiger partial charge in [-0.1, -0.05) is 43.2 Å². The van der Waals surface area contributed by atoms with Gasteiger partial charge in [-0.2, -0.15) is 0 Å². The van der Waals surface area contributed by atoms with E-state index in [1.54, 1.807) is 6.07 Å². The molecule has 0 aliphatic carbocycles. The molecule has 0 radical (unpaired) electrons. The smallest absolute Gasteiger partial charge is 0.252 e. The Morgan fingerprint density at radius 2 is 2.00 bits per heavy atom. The van der Waals surface area contributed by atoms with Gasteiger partial charge >= 0.3 is 0 Å². The van der Waals surface area contributed by atoms with Gasteiger partial charge in [0.1, 0.15) is 0 Å². The molecule has 1 aromatic carbocycles. The maximum Gasteiger partial charge on any atom is 0.252 e. The molecule has 0 amide bonds. The number of nitrogens with one attached hydrogen (secondary N) is 2. The third-order valence-corrected chi connectivity index (χ3v) is 2.88. The van der Waals surface area contributed by atoms with E-state index in [1.807, 2.05) is 0 Å². The monoisotopic (exact) mass is 257 g/mol. The van der Waals surface area contributed by atoms with Gasteiger partial charge in [-0.15, -0.1) is 0 Å². The standard InChI is InChI=1S/C15H19N3O/c1-3-4-13-9-14(19)18-15(17-13)16-10-12-7-5-11(2)6-8-12/h5-9H,3-4,10H2,1-2H3,(H2,16,17,18,19). The zero-order valence-corrected chi connectivity index (χ0v) is 11.4. The molecule has 19 heavy (non-hydrogen) atoms. The first-order chi connectivity index (χ1) is 9.17. The van der Waals surface area contributed by atoms with Gasteiger partial charge < -0.3 is 5.32 Å². The molecule has 1 aromatic heterocycles. The molecule has 4 heteroatoms. The fourth-order valence-electron chi connectivity index (χ4n) is 1.87. The van der Waals surface area contributed by atoms with E-state index in [0.717, 1.165) is 24.1 Å². The molecule has 0 bridgehead atoms. The van der Waals surface area contributed by atoms with Crippen molar-refractivity contribution in [2.45, 2.75) is 33.2 Å². The summed E-state index contributed by atoms with van der Waals surface area (Å²) in [5.41, 5.74) is 3.12. The molecule has 0 aliphatic heterocycles. The molecule has 0 unspecified atom stereocenters. The molecule has 100 valence electrons. The van der Waals surface area contributed by atoms with Crippen molar-refractivity contribution in [3.8, 4) is 0 Å². The summed E-state index contributed by atoms with van der Waals surface area (Å²) in [6, 6.07) is 9.83. The van der Waals surface area contributed by atoms with Crippen molar-refractivity contribution in [2.75, 3.05) is 5.32 Å². The van der Waals surface area contributed by atoms with E-state index < -0.39 is 0 Å². The Hall–Kier alpha value is -2.10. The van der Waals surface area contributed by atoms with Gasteiger partial charge in [0, 0.05) is 18.3 Å². The van der Waals surface area contributed by atoms with Crippen LogP contribution in [0.3, 0.4) is 0 Å². The lowest BCUT2D eigenvalue weighted by Crippen LogP contribution is -2.14. The van der Waals surface area contributed by atoms with Crippen molar-refractivity contribution >= 4 is 5.95 Å². The molecule has 0 saturated carbocycles. The van der Waals surface area contributed by atoms with Gasteiger partial charge in [-0.05, 0) is 18.9 Å². The predicted molar refractivity (Wildman–Crippen MR) is 77.4 cm³/mol. The molecule has 1 heterocycles. The number of aromatic amines is 1. The first-order valence-electron chi connectivity index (χ1n) is 6.57. The van der Waals surface area contributed by atoms with Crippen molar-refractivity contribution in [3.05, 3.63) is 57.5 Å². The molecule has 0 atom stereocenters. The van der Waals surface area contributed by atoms with E-state index in [2.05, 4.69) is 53.4 Å². The molecular weight excluding hydrogens is 238 g/mol. The molecule has 2 aromatic rings. The van der Waals surface area contributed by atoms with E-state index >= 15 is 0 Å². The average Bonchev–Trinajstić information content (AvgIpc) is 2.38. The highest BCUT2D eigenvalue weighted by molar-refractivity contribution is 5.29. The fourth-order valence-corrected chi connectivity index (χ4v) is 1.87. The minimum absolute atomic E-state index is 0.107. The highest BCUT2D eigenvalue weighted by atomic mass is 16.1. The quantitative estimate of drug-likeness (QED) is 0.865. The summed E-state index contributed by atoms with van der Waals surface area (Å²) in [7, 11) is 0. The van der Waals surface area contributed by atoms with Crippen LogP contribution in [0.5, 0.6) is 0 Å². The van der Waals surface area contributed by atoms with Gasteiger partial charge in [-0.3, -0.25) is 9.78 Å². The average molecular weight is 257 g/mol. The lowest BCUT2D eigenvalue weighted by molar-refractivity contribution is 0.864. The molecular formula is C15H19N3O. The van der Waals surface area contributed by atoms with Crippen LogP contribution >= 0.6 is 0 Å². The van der Waals surface area contributed by atoms with Gasteiger partial charge in [0.05, 0.1) is 0 Å². The van der Waals surface area contributed by atoms with Crippen molar-refractivity contribution in [1.82, 2.24) is 9.97 Å². The van der Waals surface area contributed by atoms with Crippen LogP contribution in [0, 0.1) is 6.92 Å². The first kappa shape index (κ1) is 13.3. The zero-order valence-electron chi connectivity index (χ0n) is 11.4. The summed E-state index contributed by atoms with van der Waals surface area (Å²) in [5.74, 6) is 0.538. The third-order valence-electron chi connectivity index (χ3n) is 2.88. The highest BCUT2D eigenvalue weighted by Gasteiger charge is 2.00. The maximum atomic E-state index is 11.5. The highest BCUT2D eigenvalue weighted by Crippen LogP contribution is 2.06. The van der Waals surface area contributed by atoms with Crippen LogP contribution < -0.4 is 10.9 Å². The van der Waals surface area contributed by atoms with Crippen molar-refractivity contribution < 1.29 is 0 Å². The van der Waals surface area contributed by atoms with E-state index in [-0.39, 0.29) is 5.56 Å². The second-order valence-corrected chi connectivity index (χ2v) is 4.67. The molecule has 0 fully saturated rings. The lowest BCUT2D eigenvalue weighted by Gasteiger charge is -2.07. The van der Waals surface area contributed by atoms with Crippen LogP contribution in [0.1, 0.15) is 30.2 Å². The fraction of sp³-hybridized carbons (Fsp3) is 0.333. The Labute approximate surface area is 112 Å². The number of aryl methyl sites for hydroxylation is 2. The Morgan fingerprint density at radius 3 is 2.68 bits per heavy atom. The lowest BCUT2D eigenvalue weighted by atomic mass is 10.1. The number of H-pyrrole nitrogens is 1. The van der Waals surface area contributed by atoms with Crippen molar-refractivity contribution in [2.24, 2.45) is 0 Å². The Morgan fingerprint density at radius 1 is 1.26 bits per heavy atom. The maximum absolute atomic E-state index is 11.5. The predicted octanol–water partition coefficient (Wildman–Crippen LogP) is 2.64. The molecule has 0 spiro atoms. The van der Waals surface area contributed by atoms with Crippen LogP contribution in [0.2, 0.25) is 0 Å². The van der Waals surface area contributed by atoms with Crippen LogP contribution in [0.25, 0.3) is 0 Å². The number of benzene rings is 1. The molecule has 2 N–H and O–H groups in total. The number of anilines is 1. The number of hydrogen-bond acceptors (Lipinski definition) is 3. The second kappa shape index (κ2) is 6.18. The zero-order chi connectivity index (χ0) is 13.7. The normalized spacial score (nSPS) is 10.4. The molecule has 4 nitrogen and oxygen atoms in total. The second-order valence-electron chi connectivity index (χ2n) is 4.67. The van der Waals surface area contributed by atoms with Crippen LogP contribution in [-0.4, -0.2) is 9.97 Å². The van der Waals surface area contributed by atoms with Crippen molar-refractivity contribution in [1.29, 1.82) is 0 Å². The Kier molecular flexibility index (Phi) is 4.34. The molecule has 0 aliphatic rings. The van der Waals surface area contributed by atoms with Gasteiger partial charge in [0.25, 0.3) is 5.56 Å². The summed E-state index contributed by atoms with van der Waals surface area (Å²) < 4.78 is 0. The third kappa shape index (κ3) is 3.95. The van der Waals surface area contributed by atoms with Crippen LogP contribution in [0.15, 0.2) is 35.1 Å². The van der Waals surface area contributed by atoms with E-state index in [4.69, 9.17) is 0 Å².